The molecule has 0 spiro atoms. The largest absolute Gasteiger partial charge is 0.490 e. The SMILES string of the molecule is CC(=O)c1c[nH]c(C(=O)Nc2ccc(NS(=O)(=O)c3ccc4c(c3)OCCCO4)cc2)c1. The van der Waals surface area contributed by atoms with Crippen molar-refractivity contribution < 1.29 is 27.5 Å². The fourth-order valence-corrected chi connectivity index (χ4v) is 4.15. The van der Waals surface area contributed by atoms with Gasteiger partial charge < -0.3 is 19.8 Å². The Kier molecular flexibility index (Phi) is 5.87. The molecule has 9 nitrogen and oxygen atoms in total. The number of aromatic amines is 1. The summed E-state index contributed by atoms with van der Waals surface area (Å²) in [7, 11) is -3.85. The molecular formula is C22H21N3O6S. The maximum absolute atomic E-state index is 12.8. The normalized spacial score (nSPS) is 13.2. The standard InChI is InChI=1S/C22H21N3O6S/c1-14(26)15-11-19(23-13-15)22(27)24-16-3-5-17(6-4-16)25-32(28,29)18-7-8-20-21(12-18)31-10-2-9-30-20/h3-8,11-13,23,25H,2,9-10H2,1H3,(H,24,27). The van der Waals surface area contributed by atoms with Crippen LogP contribution < -0.4 is 19.5 Å². The highest BCUT2D eigenvalue weighted by atomic mass is 32.2. The Bertz CT molecular complexity index is 1270. The van der Waals surface area contributed by atoms with Crippen molar-refractivity contribution in [2.45, 2.75) is 18.2 Å². The van der Waals surface area contributed by atoms with E-state index in [2.05, 4.69) is 15.0 Å². The van der Waals surface area contributed by atoms with E-state index in [4.69, 9.17) is 9.47 Å². The average molecular weight is 455 g/mol. The van der Waals surface area contributed by atoms with Crippen LogP contribution in [0.2, 0.25) is 0 Å². The van der Waals surface area contributed by atoms with Gasteiger partial charge in [-0.2, -0.15) is 0 Å². The minimum atomic E-state index is -3.85. The molecule has 1 aromatic heterocycles. The van der Waals surface area contributed by atoms with Gasteiger partial charge in [0.2, 0.25) is 0 Å². The van der Waals surface area contributed by atoms with Crippen molar-refractivity contribution in [1.29, 1.82) is 0 Å². The Morgan fingerprint density at radius 2 is 1.62 bits per heavy atom. The number of Topliss-reactive ketones (excluding diaryl/α,β-unsaturated/α-hetero) is 1. The van der Waals surface area contributed by atoms with Crippen LogP contribution in [0, 0.1) is 0 Å². The molecule has 3 aromatic rings. The summed E-state index contributed by atoms with van der Waals surface area (Å²) in [6.07, 6.45) is 2.19. The summed E-state index contributed by atoms with van der Waals surface area (Å²) >= 11 is 0. The molecule has 0 bridgehead atoms. The highest BCUT2D eigenvalue weighted by Crippen LogP contribution is 2.32. The van der Waals surface area contributed by atoms with Crippen molar-refractivity contribution in [3.63, 3.8) is 0 Å². The molecule has 0 fully saturated rings. The first kappa shape index (κ1) is 21.4. The van der Waals surface area contributed by atoms with E-state index in [1.165, 1.54) is 43.5 Å². The zero-order valence-corrected chi connectivity index (χ0v) is 18.0. The van der Waals surface area contributed by atoms with Crippen molar-refractivity contribution in [2.75, 3.05) is 23.3 Å². The number of carbonyl (C=O) groups is 2. The topological polar surface area (TPSA) is 127 Å². The Labute approximate surface area is 184 Å². The first-order valence-electron chi connectivity index (χ1n) is 9.85. The van der Waals surface area contributed by atoms with Crippen molar-refractivity contribution in [1.82, 2.24) is 4.98 Å². The molecule has 1 aliphatic rings. The Morgan fingerprint density at radius 1 is 0.938 bits per heavy atom. The van der Waals surface area contributed by atoms with Gasteiger partial charge in [0, 0.05) is 35.6 Å². The number of amides is 1. The molecule has 0 aliphatic carbocycles. The van der Waals surface area contributed by atoms with E-state index in [0.717, 1.165) is 6.42 Å². The second-order valence-electron chi connectivity index (χ2n) is 7.15. The first-order chi connectivity index (χ1) is 15.3. The summed E-state index contributed by atoms with van der Waals surface area (Å²) in [5, 5.41) is 2.68. The Hall–Kier alpha value is -3.79. The predicted molar refractivity (Wildman–Crippen MR) is 118 cm³/mol. The number of hydrogen-bond acceptors (Lipinski definition) is 6. The molecule has 1 amide bonds. The van der Waals surface area contributed by atoms with Crippen molar-refractivity contribution in [3.05, 3.63) is 66.0 Å². The van der Waals surface area contributed by atoms with E-state index in [0.29, 0.717) is 41.7 Å². The second kappa shape index (κ2) is 8.75. The summed E-state index contributed by atoms with van der Waals surface area (Å²) in [6.45, 7) is 2.38. The van der Waals surface area contributed by atoms with Gasteiger partial charge in [0.05, 0.1) is 18.1 Å². The van der Waals surface area contributed by atoms with Gasteiger partial charge >= 0.3 is 0 Å². The molecule has 0 radical (unpaired) electrons. The van der Waals surface area contributed by atoms with Crippen LogP contribution in [-0.2, 0) is 10.0 Å². The number of benzene rings is 2. The molecule has 0 saturated heterocycles. The minimum Gasteiger partial charge on any atom is -0.490 e. The molecule has 0 atom stereocenters. The number of nitrogens with one attached hydrogen (secondary N) is 3. The molecule has 1 aliphatic heterocycles. The smallest absolute Gasteiger partial charge is 0.272 e. The second-order valence-corrected chi connectivity index (χ2v) is 8.84. The van der Waals surface area contributed by atoms with Crippen LogP contribution in [0.3, 0.4) is 0 Å². The van der Waals surface area contributed by atoms with E-state index in [9.17, 15) is 18.0 Å². The molecule has 0 saturated carbocycles. The summed E-state index contributed by atoms with van der Waals surface area (Å²) < 4.78 is 39.1. The zero-order valence-electron chi connectivity index (χ0n) is 17.2. The number of aromatic nitrogens is 1. The molecule has 0 unspecified atom stereocenters. The maximum atomic E-state index is 12.8. The molecule has 3 N–H and O–H groups in total. The van der Waals surface area contributed by atoms with Gasteiger partial charge in [-0.15, -0.1) is 0 Å². The molecular weight excluding hydrogens is 434 g/mol. The lowest BCUT2D eigenvalue weighted by molar-refractivity contribution is 0.101. The fraction of sp³-hybridized carbons (Fsp3) is 0.182. The summed E-state index contributed by atoms with van der Waals surface area (Å²) in [4.78, 5) is 26.5. The van der Waals surface area contributed by atoms with Gasteiger partial charge in [0.25, 0.3) is 15.9 Å². The third kappa shape index (κ3) is 4.75. The lowest BCUT2D eigenvalue weighted by atomic mass is 10.2. The number of H-pyrrole nitrogens is 1. The number of rotatable bonds is 6. The highest BCUT2D eigenvalue weighted by molar-refractivity contribution is 7.92. The fourth-order valence-electron chi connectivity index (χ4n) is 3.07. The van der Waals surface area contributed by atoms with Crippen LogP contribution in [-0.4, -0.2) is 38.3 Å². The van der Waals surface area contributed by atoms with E-state index >= 15 is 0 Å². The van der Waals surface area contributed by atoms with E-state index in [1.54, 1.807) is 18.2 Å². The number of hydrogen-bond donors (Lipinski definition) is 3. The van der Waals surface area contributed by atoms with Crippen LogP contribution >= 0.6 is 0 Å². The molecule has 32 heavy (non-hydrogen) atoms. The van der Waals surface area contributed by atoms with Crippen LogP contribution in [0.1, 0.15) is 34.2 Å². The van der Waals surface area contributed by atoms with Gasteiger partial charge in [-0.3, -0.25) is 14.3 Å². The molecule has 4 rings (SSSR count). The lowest BCUT2D eigenvalue weighted by Gasteiger charge is -2.12. The maximum Gasteiger partial charge on any atom is 0.272 e. The van der Waals surface area contributed by atoms with E-state index < -0.39 is 15.9 Å². The quantitative estimate of drug-likeness (QED) is 0.489. The van der Waals surface area contributed by atoms with Crippen molar-refractivity contribution in [2.24, 2.45) is 0 Å². The summed E-state index contributed by atoms with van der Waals surface area (Å²) in [6, 6.07) is 12.1. The van der Waals surface area contributed by atoms with Crippen LogP contribution in [0.25, 0.3) is 0 Å². The van der Waals surface area contributed by atoms with Gasteiger partial charge in [0.15, 0.2) is 17.3 Å². The first-order valence-corrected chi connectivity index (χ1v) is 11.3. The lowest BCUT2D eigenvalue weighted by Crippen LogP contribution is -2.14. The average Bonchev–Trinajstić information content (AvgIpc) is 3.15. The third-order valence-electron chi connectivity index (χ3n) is 4.76. The molecule has 2 aromatic carbocycles. The zero-order chi connectivity index (χ0) is 22.7. The Morgan fingerprint density at radius 3 is 2.31 bits per heavy atom. The van der Waals surface area contributed by atoms with Crippen LogP contribution in [0.4, 0.5) is 11.4 Å². The van der Waals surface area contributed by atoms with E-state index in [1.807, 2.05) is 0 Å². The number of sulfonamides is 1. The number of ether oxygens (including phenoxy) is 2. The van der Waals surface area contributed by atoms with Crippen molar-refractivity contribution in [3.8, 4) is 11.5 Å². The summed E-state index contributed by atoms with van der Waals surface area (Å²) in [5.74, 6) is 0.336. The molecule has 10 heteroatoms. The minimum absolute atomic E-state index is 0.0483. The highest BCUT2D eigenvalue weighted by Gasteiger charge is 2.19. The monoisotopic (exact) mass is 455 g/mol. The predicted octanol–water partition coefficient (Wildman–Crippen LogP) is 3.43. The third-order valence-corrected chi connectivity index (χ3v) is 6.14. The number of fused-ring (bicyclic) bond motifs is 1. The van der Waals surface area contributed by atoms with Gasteiger partial charge in [-0.25, -0.2) is 8.42 Å². The van der Waals surface area contributed by atoms with Gasteiger partial charge in [-0.05, 0) is 49.4 Å². The van der Waals surface area contributed by atoms with Gasteiger partial charge in [-0.1, -0.05) is 0 Å². The van der Waals surface area contributed by atoms with Crippen molar-refractivity contribution >= 4 is 33.1 Å². The van der Waals surface area contributed by atoms with Crippen LogP contribution in [0.5, 0.6) is 11.5 Å². The number of anilines is 2. The van der Waals surface area contributed by atoms with E-state index in [-0.39, 0.29) is 16.4 Å². The number of carbonyl (C=O) groups excluding carboxylic acids is 2. The Balaban J connectivity index is 1.44. The molecule has 166 valence electrons. The van der Waals surface area contributed by atoms with Gasteiger partial charge in [0.1, 0.15) is 5.69 Å². The molecule has 2 heterocycles. The summed E-state index contributed by atoms with van der Waals surface area (Å²) in [5.41, 5.74) is 1.45. The van der Waals surface area contributed by atoms with Crippen LogP contribution in [0.15, 0.2) is 59.6 Å². The number of ketones is 1.